The quantitative estimate of drug-likeness (QED) is 0.926. The van der Waals surface area contributed by atoms with Crippen LogP contribution in [0.3, 0.4) is 0 Å². The van der Waals surface area contributed by atoms with Gasteiger partial charge in [0.2, 0.25) is 0 Å². The zero-order valence-corrected chi connectivity index (χ0v) is 11.3. The van der Waals surface area contributed by atoms with Gasteiger partial charge in [-0.05, 0) is 21.9 Å². The zero-order valence-electron chi connectivity index (χ0n) is 9.64. The first-order chi connectivity index (χ1) is 8.07. The third-order valence-electron chi connectivity index (χ3n) is 2.80. The second-order valence-corrected chi connectivity index (χ2v) is 7.17. The van der Waals surface area contributed by atoms with Crippen molar-refractivity contribution in [2.24, 2.45) is 5.73 Å². The third-order valence-corrected chi connectivity index (χ3v) is 5.55. The van der Waals surface area contributed by atoms with Crippen LogP contribution >= 0.6 is 11.3 Å². The van der Waals surface area contributed by atoms with Crippen LogP contribution in [0.4, 0.5) is 0 Å². The highest BCUT2D eigenvalue weighted by molar-refractivity contribution is 7.90. The Balaban J connectivity index is 2.51. The summed E-state index contributed by atoms with van der Waals surface area (Å²) >= 11 is 1.57. The molecule has 0 saturated carbocycles. The second-order valence-electron chi connectivity index (χ2n) is 3.94. The molecular weight excluding hydrogens is 254 g/mol. The molecule has 2 N–H and O–H groups in total. The molecule has 0 radical (unpaired) electrons. The fraction of sp³-hybridized carbons (Fsp3) is 0.333. The van der Waals surface area contributed by atoms with Crippen LogP contribution in [-0.4, -0.2) is 14.2 Å². The molecule has 1 aromatic carbocycles. The first-order valence-electron chi connectivity index (χ1n) is 5.46. The Morgan fingerprint density at radius 2 is 2.06 bits per heavy atom. The maximum atomic E-state index is 11.6. The monoisotopic (exact) mass is 269 g/mol. The van der Waals surface area contributed by atoms with Crippen molar-refractivity contribution in [2.45, 2.75) is 19.2 Å². The molecule has 0 saturated heterocycles. The fourth-order valence-corrected chi connectivity index (χ4v) is 3.90. The minimum atomic E-state index is -2.98. The van der Waals surface area contributed by atoms with E-state index >= 15 is 0 Å². The first-order valence-corrected chi connectivity index (χ1v) is 8.16. The molecule has 2 rings (SSSR count). The summed E-state index contributed by atoms with van der Waals surface area (Å²) in [5, 5.41) is 2.95. The van der Waals surface area contributed by atoms with Crippen molar-refractivity contribution in [1.29, 1.82) is 0 Å². The standard InChI is InChI=1S/C12H15NO2S2/c1-2-17(14,15)8-10-7-16-12-9(6-13)4-3-5-11(10)12/h3-5,7H,2,6,8,13H2,1H3. The van der Waals surface area contributed by atoms with Gasteiger partial charge in [-0.1, -0.05) is 25.1 Å². The summed E-state index contributed by atoms with van der Waals surface area (Å²) in [4.78, 5) is 0. The van der Waals surface area contributed by atoms with Crippen LogP contribution in [0, 0.1) is 0 Å². The van der Waals surface area contributed by atoms with Gasteiger partial charge in [-0.15, -0.1) is 11.3 Å². The zero-order chi connectivity index (χ0) is 12.5. The van der Waals surface area contributed by atoms with E-state index in [9.17, 15) is 8.42 Å². The summed E-state index contributed by atoms with van der Waals surface area (Å²) in [6.45, 7) is 2.16. The van der Waals surface area contributed by atoms with Crippen LogP contribution in [0.15, 0.2) is 23.6 Å². The number of nitrogens with two attached hydrogens (primary N) is 1. The Bertz CT molecular complexity index is 629. The lowest BCUT2D eigenvalue weighted by molar-refractivity contribution is 0.596. The molecule has 0 aliphatic rings. The summed E-state index contributed by atoms with van der Waals surface area (Å²) in [7, 11) is -2.98. The molecule has 0 bridgehead atoms. The molecule has 92 valence electrons. The van der Waals surface area contributed by atoms with Gasteiger partial charge in [-0.3, -0.25) is 0 Å². The van der Waals surface area contributed by atoms with Crippen LogP contribution in [0.2, 0.25) is 0 Å². The van der Waals surface area contributed by atoms with Gasteiger partial charge in [-0.2, -0.15) is 0 Å². The van der Waals surface area contributed by atoms with E-state index in [1.165, 1.54) is 0 Å². The molecule has 0 atom stereocenters. The topological polar surface area (TPSA) is 60.2 Å². The Hall–Kier alpha value is -0.910. The predicted octanol–water partition coefficient (Wildman–Crippen LogP) is 2.29. The van der Waals surface area contributed by atoms with Crippen molar-refractivity contribution in [3.05, 3.63) is 34.7 Å². The smallest absolute Gasteiger partial charge is 0.154 e. The summed E-state index contributed by atoms with van der Waals surface area (Å²) in [6, 6.07) is 5.88. The minimum absolute atomic E-state index is 0.123. The van der Waals surface area contributed by atoms with Crippen molar-refractivity contribution in [3.8, 4) is 0 Å². The van der Waals surface area contributed by atoms with Gasteiger partial charge in [0.05, 0.1) is 5.75 Å². The van der Waals surface area contributed by atoms with Crippen molar-refractivity contribution >= 4 is 31.3 Å². The molecule has 17 heavy (non-hydrogen) atoms. The average molecular weight is 269 g/mol. The van der Waals surface area contributed by atoms with Gasteiger partial charge >= 0.3 is 0 Å². The van der Waals surface area contributed by atoms with E-state index in [0.717, 1.165) is 21.2 Å². The largest absolute Gasteiger partial charge is 0.326 e. The highest BCUT2D eigenvalue weighted by Crippen LogP contribution is 2.30. The van der Waals surface area contributed by atoms with E-state index in [2.05, 4.69) is 0 Å². The van der Waals surface area contributed by atoms with Crippen LogP contribution in [0.25, 0.3) is 10.1 Å². The molecule has 3 nitrogen and oxygen atoms in total. The van der Waals surface area contributed by atoms with Crippen molar-refractivity contribution in [2.75, 3.05) is 5.75 Å². The molecule has 0 amide bonds. The van der Waals surface area contributed by atoms with E-state index in [1.54, 1.807) is 18.3 Å². The normalized spacial score (nSPS) is 12.1. The maximum Gasteiger partial charge on any atom is 0.154 e. The Morgan fingerprint density at radius 1 is 1.29 bits per heavy atom. The number of hydrogen-bond acceptors (Lipinski definition) is 4. The van der Waals surface area contributed by atoms with Crippen LogP contribution in [-0.2, 0) is 22.1 Å². The SMILES string of the molecule is CCS(=O)(=O)Cc1csc2c(CN)cccc12. The Kier molecular flexibility index (Phi) is 3.51. The van der Waals surface area contributed by atoms with Crippen LogP contribution < -0.4 is 5.73 Å². The van der Waals surface area contributed by atoms with Gasteiger partial charge in [0.1, 0.15) is 0 Å². The highest BCUT2D eigenvalue weighted by atomic mass is 32.2. The average Bonchev–Trinajstić information content (AvgIpc) is 2.72. The minimum Gasteiger partial charge on any atom is -0.326 e. The third kappa shape index (κ3) is 2.51. The summed E-state index contributed by atoms with van der Waals surface area (Å²) in [5.41, 5.74) is 7.63. The van der Waals surface area contributed by atoms with E-state index in [1.807, 2.05) is 23.6 Å². The summed E-state index contributed by atoms with van der Waals surface area (Å²) in [6.07, 6.45) is 0. The van der Waals surface area contributed by atoms with Gasteiger partial charge in [0.15, 0.2) is 9.84 Å². The molecule has 0 spiro atoms. The molecule has 0 aliphatic heterocycles. The number of sulfone groups is 1. The predicted molar refractivity (Wildman–Crippen MR) is 72.9 cm³/mol. The molecular formula is C12H15NO2S2. The molecule has 0 fully saturated rings. The molecule has 1 aromatic heterocycles. The number of hydrogen-bond donors (Lipinski definition) is 1. The fourth-order valence-electron chi connectivity index (χ4n) is 1.78. The molecule has 0 unspecified atom stereocenters. The van der Waals surface area contributed by atoms with Crippen molar-refractivity contribution < 1.29 is 8.42 Å². The maximum absolute atomic E-state index is 11.6. The molecule has 1 heterocycles. The second kappa shape index (κ2) is 4.76. The molecule has 2 aromatic rings. The lowest BCUT2D eigenvalue weighted by Crippen LogP contribution is -2.06. The van der Waals surface area contributed by atoms with Gasteiger partial charge < -0.3 is 5.73 Å². The van der Waals surface area contributed by atoms with Gasteiger partial charge in [-0.25, -0.2) is 8.42 Å². The van der Waals surface area contributed by atoms with E-state index in [-0.39, 0.29) is 11.5 Å². The van der Waals surface area contributed by atoms with Gasteiger partial charge in [0.25, 0.3) is 0 Å². The van der Waals surface area contributed by atoms with Crippen molar-refractivity contribution in [1.82, 2.24) is 0 Å². The van der Waals surface area contributed by atoms with E-state index < -0.39 is 9.84 Å². The van der Waals surface area contributed by atoms with Gasteiger partial charge in [0, 0.05) is 17.0 Å². The summed E-state index contributed by atoms with van der Waals surface area (Å²) in [5.74, 6) is 0.304. The van der Waals surface area contributed by atoms with Crippen LogP contribution in [0.1, 0.15) is 18.1 Å². The Labute approximate surface area is 105 Å². The number of rotatable bonds is 4. The number of benzene rings is 1. The summed E-state index contributed by atoms with van der Waals surface area (Å²) < 4.78 is 24.4. The first kappa shape index (κ1) is 12.5. The highest BCUT2D eigenvalue weighted by Gasteiger charge is 2.13. The van der Waals surface area contributed by atoms with Crippen LogP contribution in [0.5, 0.6) is 0 Å². The molecule has 0 aliphatic carbocycles. The number of thiophene rings is 1. The lowest BCUT2D eigenvalue weighted by atomic mass is 10.1. The van der Waals surface area contributed by atoms with E-state index in [4.69, 9.17) is 5.73 Å². The Morgan fingerprint density at radius 3 is 2.71 bits per heavy atom. The van der Waals surface area contributed by atoms with Crippen molar-refractivity contribution in [3.63, 3.8) is 0 Å². The molecule has 5 heteroatoms. The number of fused-ring (bicyclic) bond motifs is 1. The lowest BCUT2D eigenvalue weighted by Gasteiger charge is -2.02. The van der Waals surface area contributed by atoms with E-state index in [0.29, 0.717) is 6.54 Å².